The molecule has 4 heteroatoms. The van der Waals surface area contributed by atoms with Gasteiger partial charge < -0.3 is 15.4 Å². The van der Waals surface area contributed by atoms with Gasteiger partial charge in [0.05, 0.1) is 12.7 Å². The lowest BCUT2D eigenvalue weighted by molar-refractivity contribution is -0.0544. The van der Waals surface area contributed by atoms with Crippen LogP contribution in [0.2, 0.25) is 0 Å². The minimum absolute atomic E-state index is 0.183. The summed E-state index contributed by atoms with van der Waals surface area (Å²) in [4.78, 5) is 4.98. The maximum atomic E-state index is 5.92. The highest BCUT2D eigenvalue weighted by molar-refractivity contribution is 4.80. The van der Waals surface area contributed by atoms with Crippen LogP contribution in [0.15, 0.2) is 0 Å². The smallest absolute Gasteiger partial charge is 0.0829 e. The Morgan fingerprint density at radius 3 is 2.63 bits per heavy atom. The first kappa shape index (κ1) is 16.9. The van der Waals surface area contributed by atoms with E-state index in [2.05, 4.69) is 44.4 Å². The summed E-state index contributed by atoms with van der Waals surface area (Å²) in [7, 11) is 0. The van der Waals surface area contributed by atoms with E-state index in [0.717, 1.165) is 45.9 Å². The number of nitrogens with two attached hydrogens (primary N) is 1. The lowest BCUT2D eigenvalue weighted by Gasteiger charge is -2.39. The highest BCUT2D eigenvalue weighted by atomic mass is 16.5. The molecule has 0 amide bonds. The molecule has 1 unspecified atom stereocenters. The van der Waals surface area contributed by atoms with E-state index < -0.39 is 0 Å². The molecule has 2 N–H and O–H groups in total. The second-order valence-corrected chi connectivity index (χ2v) is 6.78. The van der Waals surface area contributed by atoms with Crippen LogP contribution in [0.25, 0.3) is 0 Å². The summed E-state index contributed by atoms with van der Waals surface area (Å²) in [5.41, 5.74) is 6.02. The molecular weight excluding hydrogens is 238 g/mol. The average Bonchev–Trinajstić information content (AvgIpc) is 2.38. The van der Waals surface area contributed by atoms with Gasteiger partial charge in [0.25, 0.3) is 0 Å². The molecule has 1 rings (SSSR count). The fourth-order valence-electron chi connectivity index (χ4n) is 2.58. The number of ether oxygens (including phenoxy) is 1. The van der Waals surface area contributed by atoms with Crippen LogP contribution in [0.3, 0.4) is 0 Å². The summed E-state index contributed by atoms with van der Waals surface area (Å²) in [5.74, 6) is 0. The summed E-state index contributed by atoms with van der Waals surface area (Å²) >= 11 is 0. The second kappa shape index (κ2) is 7.58. The van der Waals surface area contributed by atoms with Gasteiger partial charge in [0.15, 0.2) is 0 Å². The average molecular weight is 271 g/mol. The van der Waals surface area contributed by atoms with E-state index in [1.807, 2.05) is 0 Å². The van der Waals surface area contributed by atoms with Gasteiger partial charge in [-0.3, -0.25) is 4.90 Å². The van der Waals surface area contributed by atoms with Gasteiger partial charge in [-0.05, 0) is 32.4 Å². The Morgan fingerprint density at radius 2 is 2.11 bits per heavy atom. The molecule has 0 spiro atoms. The molecule has 1 fully saturated rings. The molecule has 0 aromatic rings. The van der Waals surface area contributed by atoms with E-state index >= 15 is 0 Å². The number of hydrogen-bond donors (Lipinski definition) is 1. The van der Waals surface area contributed by atoms with Crippen LogP contribution in [-0.4, -0.2) is 67.8 Å². The Morgan fingerprint density at radius 1 is 1.42 bits per heavy atom. The minimum Gasteiger partial charge on any atom is -0.374 e. The summed E-state index contributed by atoms with van der Waals surface area (Å²) in [5, 5.41) is 0. The number of rotatable bonds is 7. The number of nitrogens with zero attached hydrogens (tertiary/aromatic N) is 2. The zero-order valence-electron chi connectivity index (χ0n) is 13.5. The molecule has 114 valence electrons. The first-order chi connectivity index (χ1) is 8.88. The third-order valence-electron chi connectivity index (χ3n) is 4.01. The van der Waals surface area contributed by atoms with Crippen LogP contribution in [0, 0.1) is 5.41 Å². The Balaban J connectivity index is 2.46. The van der Waals surface area contributed by atoms with Crippen molar-refractivity contribution in [3.8, 4) is 0 Å². The van der Waals surface area contributed by atoms with Crippen molar-refractivity contribution in [3.63, 3.8) is 0 Å². The van der Waals surface area contributed by atoms with E-state index in [4.69, 9.17) is 10.5 Å². The zero-order valence-corrected chi connectivity index (χ0v) is 13.5. The molecule has 1 atom stereocenters. The van der Waals surface area contributed by atoms with Crippen molar-refractivity contribution in [2.45, 2.75) is 46.8 Å². The first-order valence-corrected chi connectivity index (χ1v) is 7.66. The molecular formula is C15H33N3O. The highest BCUT2D eigenvalue weighted by Crippen LogP contribution is 2.16. The molecule has 1 saturated heterocycles. The monoisotopic (exact) mass is 271 g/mol. The number of morpholine rings is 1. The molecule has 0 aliphatic carbocycles. The summed E-state index contributed by atoms with van der Waals surface area (Å²) in [6.07, 6.45) is 0.338. The Hall–Kier alpha value is -0.160. The topological polar surface area (TPSA) is 41.7 Å². The van der Waals surface area contributed by atoms with Gasteiger partial charge in [-0.2, -0.15) is 0 Å². The highest BCUT2D eigenvalue weighted by Gasteiger charge is 2.26. The molecule has 0 aromatic carbocycles. The predicted molar refractivity (Wildman–Crippen MR) is 81.4 cm³/mol. The van der Waals surface area contributed by atoms with Gasteiger partial charge in [0.1, 0.15) is 0 Å². The van der Waals surface area contributed by atoms with Crippen LogP contribution in [0.4, 0.5) is 0 Å². The maximum Gasteiger partial charge on any atom is 0.0829 e. The third-order valence-corrected chi connectivity index (χ3v) is 4.01. The Bertz CT molecular complexity index is 256. The van der Waals surface area contributed by atoms with E-state index in [1.54, 1.807) is 0 Å². The van der Waals surface area contributed by atoms with Gasteiger partial charge in [-0.15, -0.1) is 0 Å². The van der Waals surface area contributed by atoms with Gasteiger partial charge in [0.2, 0.25) is 0 Å². The third kappa shape index (κ3) is 5.78. The van der Waals surface area contributed by atoms with Gasteiger partial charge in [-0.1, -0.05) is 20.8 Å². The fraction of sp³-hybridized carbons (Fsp3) is 1.00. The van der Waals surface area contributed by atoms with Crippen molar-refractivity contribution in [1.82, 2.24) is 9.80 Å². The van der Waals surface area contributed by atoms with E-state index in [9.17, 15) is 0 Å². The maximum absolute atomic E-state index is 5.92. The lowest BCUT2D eigenvalue weighted by Crippen LogP contribution is -2.51. The molecule has 0 aromatic heterocycles. The predicted octanol–water partition coefficient (Wildman–Crippen LogP) is 1.40. The molecule has 1 aliphatic rings. The summed E-state index contributed by atoms with van der Waals surface area (Å²) in [6.45, 7) is 18.0. The van der Waals surface area contributed by atoms with Crippen molar-refractivity contribution in [2.75, 3.05) is 45.9 Å². The Labute approximate surface area is 119 Å². The van der Waals surface area contributed by atoms with Crippen LogP contribution in [0.1, 0.15) is 34.6 Å². The van der Waals surface area contributed by atoms with Crippen molar-refractivity contribution in [3.05, 3.63) is 0 Å². The molecule has 0 saturated carbocycles. The van der Waals surface area contributed by atoms with E-state index in [0.29, 0.717) is 12.1 Å². The Kier molecular flexibility index (Phi) is 6.74. The normalized spacial score (nSPS) is 22.4. The van der Waals surface area contributed by atoms with Crippen LogP contribution < -0.4 is 5.73 Å². The molecule has 4 nitrogen and oxygen atoms in total. The standard InChI is InChI=1S/C15H33N3O/c1-6-17(12-15(4,5)11-16)9-14-10-18(13(2)3)7-8-19-14/h13-14H,6-12,16H2,1-5H3. The SMILES string of the molecule is CCN(CC1CN(C(C)C)CCO1)CC(C)(C)CN. The first-order valence-electron chi connectivity index (χ1n) is 7.66. The van der Waals surface area contributed by atoms with Crippen molar-refractivity contribution >= 4 is 0 Å². The fourth-order valence-corrected chi connectivity index (χ4v) is 2.58. The molecule has 0 bridgehead atoms. The van der Waals surface area contributed by atoms with Crippen molar-refractivity contribution < 1.29 is 4.74 Å². The molecule has 1 aliphatic heterocycles. The molecule has 1 heterocycles. The number of likely N-dealkylation sites (N-methyl/N-ethyl adjacent to an activating group) is 1. The van der Waals surface area contributed by atoms with Crippen molar-refractivity contribution in [2.24, 2.45) is 11.1 Å². The summed E-state index contributed by atoms with van der Waals surface area (Å²) in [6, 6.07) is 0.613. The quantitative estimate of drug-likeness (QED) is 0.760. The zero-order chi connectivity index (χ0) is 14.5. The molecule has 19 heavy (non-hydrogen) atoms. The van der Waals surface area contributed by atoms with Gasteiger partial charge in [-0.25, -0.2) is 0 Å². The number of hydrogen-bond acceptors (Lipinski definition) is 4. The molecule has 0 radical (unpaired) electrons. The largest absolute Gasteiger partial charge is 0.374 e. The van der Waals surface area contributed by atoms with E-state index in [1.165, 1.54) is 0 Å². The summed E-state index contributed by atoms with van der Waals surface area (Å²) < 4.78 is 5.92. The minimum atomic E-state index is 0.183. The van der Waals surface area contributed by atoms with E-state index in [-0.39, 0.29) is 5.41 Å². The van der Waals surface area contributed by atoms with Crippen molar-refractivity contribution in [1.29, 1.82) is 0 Å². The van der Waals surface area contributed by atoms with Gasteiger partial charge in [0, 0.05) is 32.2 Å². The lowest BCUT2D eigenvalue weighted by atomic mass is 9.93. The van der Waals surface area contributed by atoms with Gasteiger partial charge >= 0.3 is 0 Å². The van der Waals surface area contributed by atoms with Crippen LogP contribution in [-0.2, 0) is 4.74 Å². The second-order valence-electron chi connectivity index (χ2n) is 6.78. The van der Waals surface area contributed by atoms with Crippen LogP contribution >= 0.6 is 0 Å². The van der Waals surface area contributed by atoms with Crippen LogP contribution in [0.5, 0.6) is 0 Å².